The summed E-state index contributed by atoms with van der Waals surface area (Å²) >= 11 is 0. The molecule has 6 nitrogen and oxygen atoms in total. The molecule has 1 aliphatic carbocycles. The normalized spacial score (nSPS) is 19.6. The number of cyclic esters (lactones) is 1. The standard InChI is InChI=1S/C15H18N4O2/c16-14-17-12-9-11(18-7-2-8-21-15(18)20)5-6-13(12)19(14)10-3-1-4-10/h5-6,9-10H,1-4,7-8H2,(H2,16,17). The second-order valence-electron chi connectivity index (χ2n) is 5.72. The van der Waals surface area contributed by atoms with Gasteiger partial charge in [0.1, 0.15) is 0 Å². The van der Waals surface area contributed by atoms with Gasteiger partial charge in [0.2, 0.25) is 5.95 Å². The summed E-state index contributed by atoms with van der Waals surface area (Å²) in [7, 11) is 0. The predicted octanol–water partition coefficient (Wildman–Crippen LogP) is 2.69. The van der Waals surface area contributed by atoms with Gasteiger partial charge in [0.15, 0.2) is 0 Å². The molecule has 2 heterocycles. The molecule has 2 aromatic rings. The number of carbonyl (C=O) groups excluding carboxylic acids is 1. The van der Waals surface area contributed by atoms with Gasteiger partial charge in [0.05, 0.1) is 17.6 Å². The van der Waals surface area contributed by atoms with Crippen LogP contribution in [0.1, 0.15) is 31.7 Å². The van der Waals surface area contributed by atoms with Crippen LogP contribution >= 0.6 is 0 Å². The van der Waals surface area contributed by atoms with Crippen LogP contribution in [0.5, 0.6) is 0 Å². The first-order valence-electron chi connectivity index (χ1n) is 7.46. The first kappa shape index (κ1) is 12.5. The molecule has 1 saturated heterocycles. The van der Waals surface area contributed by atoms with Crippen LogP contribution < -0.4 is 10.6 Å². The first-order valence-corrected chi connectivity index (χ1v) is 7.46. The van der Waals surface area contributed by atoms with Crippen molar-refractivity contribution in [1.82, 2.24) is 9.55 Å². The van der Waals surface area contributed by atoms with Crippen LogP contribution in [0.4, 0.5) is 16.4 Å². The minimum Gasteiger partial charge on any atom is -0.449 e. The van der Waals surface area contributed by atoms with E-state index in [4.69, 9.17) is 10.5 Å². The smallest absolute Gasteiger partial charge is 0.414 e. The highest BCUT2D eigenvalue weighted by Crippen LogP contribution is 2.37. The van der Waals surface area contributed by atoms with E-state index in [0.717, 1.165) is 36.0 Å². The van der Waals surface area contributed by atoms with E-state index in [0.29, 0.717) is 25.1 Å². The van der Waals surface area contributed by atoms with Crippen molar-refractivity contribution in [1.29, 1.82) is 0 Å². The van der Waals surface area contributed by atoms with Gasteiger partial charge in [-0.25, -0.2) is 9.78 Å². The molecule has 1 aromatic carbocycles. The molecular formula is C15H18N4O2. The number of carbonyl (C=O) groups is 1. The van der Waals surface area contributed by atoms with Crippen molar-refractivity contribution in [2.75, 3.05) is 23.8 Å². The monoisotopic (exact) mass is 286 g/mol. The number of hydrogen-bond acceptors (Lipinski definition) is 4. The number of nitrogens with two attached hydrogens (primary N) is 1. The summed E-state index contributed by atoms with van der Waals surface area (Å²) in [6.45, 7) is 1.18. The fourth-order valence-electron chi connectivity index (χ4n) is 3.09. The summed E-state index contributed by atoms with van der Waals surface area (Å²) in [5.41, 5.74) is 8.78. The fraction of sp³-hybridized carbons (Fsp3) is 0.467. The van der Waals surface area contributed by atoms with Crippen molar-refractivity contribution in [3.8, 4) is 0 Å². The van der Waals surface area contributed by atoms with Crippen molar-refractivity contribution in [2.45, 2.75) is 31.7 Å². The number of aromatic nitrogens is 2. The van der Waals surface area contributed by atoms with Crippen molar-refractivity contribution >= 4 is 28.8 Å². The maximum absolute atomic E-state index is 11.8. The van der Waals surface area contributed by atoms with E-state index < -0.39 is 0 Å². The molecule has 1 amide bonds. The molecule has 2 N–H and O–H groups in total. The van der Waals surface area contributed by atoms with Crippen LogP contribution in [-0.4, -0.2) is 28.8 Å². The Bertz CT molecular complexity index is 705. The number of amides is 1. The Labute approximate surface area is 122 Å². The van der Waals surface area contributed by atoms with Gasteiger partial charge in [-0.1, -0.05) is 0 Å². The van der Waals surface area contributed by atoms with Crippen LogP contribution in [0.25, 0.3) is 11.0 Å². The molecule has 6 heteroatoms. The van der Waals surface area contributed by atoms with E-state index in [2.05, 4.69) is 9.55 Å². The predicted molar refractivity (Wildman–Crippen MR) is 80.3 cm³/mol. The molecule has 2 fully saturated rings. The lowest BCUT2D eigenvalue weighted by atomic mass is 9.93. The lowest BCUT2D eigenvalue weighted by molar-refractivity contribution is 0.140. The summed E-state index contributed by atoms with van der Waals surface area (Å²) in [5.74, 6) is 0.563. The number of nitrogen functional groups attached to an aromatic ring is 1. The Morgan fingerprint density at radius 3 is 2.86 bits per heavy atom. The Hall–Kier alpha value is -2.24. The minimum atomic E-state index is -0.285. The summed E-state index contributed by atoms with van der Waals surface area (Å²) in [5, 5.41) is 0. The summed E-state index contributed by atoms with van der Waals surface area (Å²) in [6, 6.07) is 6.35. The highest BCUT2D eigenvalue weighted by molar-refractivity contribution is 5.92. The second-order valence-corrected chi connectivity index (χ2v) is 5.72. The van der Waals surface area contributed by atoms with Crippen LogP contribution in [0, 0.1) is 0 Å². The van der Waals surface area contributed by atoms with Gasteiger partial charge in [-0.3, -0.25) is 4.90 Å². The number of fused-ring (bicyclic) bond motifs is 1. The summed E-state index contributed by atoms with van der Waals surface area (Å²) in [6.07, 6.45) is 4.14. The Morgan fingerprint density at radius 2 is 2.14 bits per heavy atom. The Kier molecular flexibility index (Phi) is 2.77. The van der Waals surface area contributed by atoms with Crippen molar-refractivity contribution in [2.24, 2.45) is 0 Å². The van der Waals surface area contributed by atoms with Crippen LogP contribution in [0.3, 0.4) is 0 Å². The van der Waals surface area contributed by atoms with Crippen molar-refractivity contribution < 1.29 is 9.53 Å². The van der Waals surface area contributed by atoms with Gasteiger partial charge in [-0.15, -0.1) is 0 Å². The van der Waals surface area contributed by atoms with E-state index in [9.17, 15) is 4.79 Å². The van der Waals surface area contributed by atoms with Gasteiger partial charge < -0.3 is 15.0 Å². The number of ether oxygens (including phenoxy) is 1. The number of rotatable bonds is 2. The molecule has 1 aliphatic heterocycles. The van der Waals surface area contributed by atoms with Crippen LogP contribution in [-0.2, 0) is 4.74 Å². The SMILES string of the molecule is Nc1nc2cc(N3CCCOC3=O)ccc2n1C1CCC1. The number of hydrogen-bond donors (Lipinski definition) is 1. The molecule has 21 heavy (non-hydrogen) atoms. The topological polar surface area (TPSA) is 73.4 Å². The molecular weight excluding hydrogens is 268 g/mol. The quantitative estimate of drug-likeness (QED) is 0.921. The largest absolute Gasteiger partial charge is 0.449 e. The van der Waals surface area contributed by atoms with Gasteiger partial charge >= 0.3 is 6.09 Å². The highest BCUT2D eigenvalue weighted by Gasteiger charge is 2.25. The van der Waals surface area contributed by atoms with Gasteiger partial charge in [0, 0.05) is 18.3 Å². The van der Waals surface area contributed by atoms with E-state index in [1.807, 2.05) is 18.2 Å². The number of imidazole rings is 1. The minimum absolute atomic E-state index is 0.285. The van der Waals surface area contributed by atoms with Crippen LogP contribution in [0.15, 0.2) is 18.2 Å². The number of benzene rings is 1. The molecule has 0 bridgehead atoms. The third-order valence-corrected chi connectivity index (χ3v) is 4.42. The number of nitrogens with zero attached hydrogens (tertiary/aromatic N) is 3. The number of anilines is 2. The van der Waals surface area contributed by atoms with E-state index in [-0.39, 0.29) is 6.09 Å². The summed E-state index contributed by atoms with van der Waals surface area (Å²) in [4.78, 5) is 17.9. The maximum Gasteiger partial charge on any atom is 0.414 e. The second kappa shape index (κ2) is 4.65. The molecule has 110 valence electrons. The third-order valence-electron chi connectivity index (χ3n) is 4.42. The molecule has 0 unspecified atom stereocenters. The van der Waals surface area contributed by atoms with Crippen molar-refractivity contribution in [3.05, 3.63) is 18.2 Å². The van der Waals surface area contributed by atoms with Gasteiger partial charge in [0.25, 0.3) is 0 Å². The maximum atomic E-state index is 11.8. The average molecular weight is 286 g/mol. The molecule has 0 spiro atoms. The Balaban J connectivity index is 1.75. The molecule has 4 rings (SSSR count). The lowest BCUT2D eigenvalue weighted by Crippen LogP contribution is -2.37. The van der Waals surface area contributed by atoms with Crippen molar-refractivity contribution in [3.63, 3.8) is 0 Å². The first-order chi connectivity index (χ1) is 10.2. The molecule has 0 radical (unpaired) electrons. The zero-order valence-electron chi connectivity index (χ0n) is 11.8. The zero-order valence-corrected chi connectivity index (χ0v) is 11.8. The van der Waals surface area contributed by atoms with Gasteiger partial charge in [-0.05, 0) is 43.9 Å². The van der Waals surface area contributed by atoms with Crippen LogP contribution in [0.2, 0.25) is 0 Å². The summed E-state index contributed by atoms with van der Waals surface area (Å²) < 4.78 is 7.21. The Morgan fingerprint density at radius 1 is 1.29 bits per heavy atom. The van der Waals surface area contributed by atoms with E-state index in [1.54, 1.807) is 4.90 Å². The molecule has 1 aromatic heterocycles. The lowest BCUT2D eigenvalue weighted by Gasteiger charge is -2.28. The third kappa shape index (κ3) is 1.93. The van der Waals surface area contributed by atoms with E-state index >= 15 is 0 Å². The molecule has 2 aliphatic rings. The molecule has 0 atom stereocenters. The molecule has 1 saturated carbocycles. The fourth-order valence-corrected chi connectivity index (χ4v) is 3.09. The van der Waals surface area contributed by atoms with E-state index in [1.165, 1.54) is 6.42 Å². The average Bonchev–Trinajstić information content (AvgIpc) is 2.74. The zero-order chi connectivity index (χ0) is 14.4. The van der Waals surface area contributed by atoms with Gasteiger partial charge in [-0.2, -0.15) is 0 Å². The highest BCUT2D eigenvalue weighted by atomic mass is 16.6.